The number of hydrogen-bond acceptors (Lipinski definition) is 2. The molecule has 1 N–H and O–H groups in total. The Morgan fingerprint density at radius 2 is 2.16 bits per heavy atom. The fraction of sp³-hybridized carbons (Fsp3) is 0.412. The van der Waals surface area contributed by atoms with Gasteiger partial charge in [0.05, 0.1) is 12.3 Å². The van der Waals surface area contributed by atoms with Gasteiger partial charge >= 0.3 is 0 Å². The largest absolute Gasteiger partial charge is 0.468 e. The zero-order chi connectivity index (χ0) is 13.1. The molecule has 1 aromatic heterocycles. The first-order valence-electron chi connectivity index (χ1n) is 7.24. The number of aryl methyl sites for hydroxylation is 1. The van der Waals surface area contributed by atoms with E-state index in [0.717, 1.165) is 18.7 Å². The zero-order valence-electron chi connectivity index (χ0n) is 11.4. The predicted octanol–water partition coefficient (Wildman–Crippen LogP) is 4.05. The van der Waals surface area contributed by atoms with Crippen LogP contribution in [-0.4, -0.2) is 6.54 Å². The van der Waals surface area contributed by atoms with Crippen LogP contribution in [0.3, 0.4) is 0 Å². The molecule has 0 amide bonds. The summed E-state index contributed by atoms with van der Waals surface area (Å²) in [6.45, 7) is 3.23. The van der Waals surface area contributed by atoms with E-state index in [9.17, 15) is 0 Å². The van der Waals surface area contributed by atoms with Crippen molar-refractivity contribution in [3.8, 4) is 0 Å². The van der Waals surface area contributed by atoms with Crippen LogP contribution >= 0.6 is 0 Å². The Balaban J connectivity index is 1.89. The minimum absolute atomic E-state index is 0.304. The molecule has 1 aliphatic rings. The SMILES string of the molecule is CCCNC(c1ccco1)C1CCc2ccccc21. The molecule has 2 aromatic rings. The molecule has 2 unspecified atom stereocenters. The van der Waals surface area contributed by atoms with Gasteiger partial charge in [0.25, 0.3) is 0 Å². The molecule has 0 aliphatic heterocycles. The smallest absolute Gasteiger partial charge is 0.121 e. The Labute approximate surface area is 114 Å². The maximum absolute atomic E-state index is 5.66. The lowest BCUT2D eigenvalue weighted by Gasteiger charge is -2.24. The van der Waals surface area contributed by atoms with Crippen molar-refractivity contribution in [2.45, 2.75) is 38.1 Å². The lowest BCUT2D eigenvalue weighted by atomic mass is 9.91. The van der Waals surface area contributed by atoms with Crippen LogP contribution in [0.5, 0.6) is 0 Å². The Bertz CT molecular complexity index is 518. The monoisotopic (exact) mass is 255 g/mol. The van der Waals surface area contributed by atoms with E-state index in [2.05, 4.69) is 42.6 Å². The quantitative estimate of drug-likeness (QED) is 0.872. The normalized spacial score (nSPS) is 19.3. The van der Waals surface area contributed by atoms with Gasteiger partial charge in [-0.3, -0.25) is 0 Å². The molecule has 0 fully saturated rings. The molecule has 0 spiro atoms. The van der Waals surface area contributed by atoms with E-state index < -0.39 is 0 Å². The van der Waals surface area contributed by atoms with E-state index in [1.54, 1.807) is 6.26 Å². The molecule has 0 bridgehead atoms. The molecule has 2 heteroatoms. The second-order valence-corrected chi connectivity index (χ2v) is 5.29. The first-order valence-corrected chi connectivity index (χ1v) is 7.24. The van der Waals surface area contributed by atoms with Crippen molar-refractivity contribution in [3.63, 3.8) is 0 Å². The van der Waals surface area contributed by atoms with E-state index >= 15 is 0 Å². The van der Waals surface area contributed by atoms with Crippen LogP contribution in [0.4, 0.5) is 0 Å². The first kappa shape index (κ1) is 12.5. The Morgan fingerprint density at radius 3 is 2.95 bits per heavy atom. The molecule has 2 nitrogen and oxygen atoms in total. The van der Waals surface area contributed by atoms with E-state index in [1.807, 2.05) is 6.07 Å². The summed E-state index contributed by atoms with van der Waals surface area (Å²) in [4.78, 5) is 0. The molecule has 0 saturated heterocycles. The topological polar surface area (TPSA) is 25.2 Å². The predicted molar refractivity (Wildman–Crippen MR) is 77.2 cm³/mol. The number of nitrogens with one attached hydrogen (secondary N) is 1. The van der Waals surface area contributed by atoms with Gasteiger partial charge in [0, 0.05) is 5.92 Å². The van der Waals surface area contributed by atoms with Crippen molar-refractivity contribution in [1.29, 1.82) is 0 Å². The first-order chi connectivity index (χ1) is 9.40. The van der Waals surface area contributed by atoms with Crippen molar-refractivity contribution >= 4 is 0 Å². The summed E-state index contributed by atoms with van der Waals surface area (Å²) >= 11 is 0. The fourth-order valence-corrected chi connectivity index (χ4v) is 3.15. The molecule has 19 heavy (non-hydrogen) atoms. The summed E-state index contributed by atoms with van der Waals surface area (Å²) in [7, 11) is 0. The van der Waals surface area contributed by atoms with Crippen molar-refractivity contribution in [2.75, 3.05) is 6.54 Å². The van der Waals surface area contributed by atoms with Gasteiger partial charge in [0.1, 0.15) is 5.76 Å². The number of fused-ring (bicyclic) bond motifs is 1. The Kier molecular flexibility index (Phi) is 3.69. The molecule has 100 valence electrons. The van der Waals surface area contributed by atoms with Gasteiger partial charge in [-0.05, 0) is 49.1 Å². The van der Waals surface area contributed by atoms with Gasteiger partial charge in [-0.25, -0.2) is 0 Å². The van der Waals surface area contributed by atoms with Crippen molar-refractivity contribution in [3.05, 3.63) is 59.5 Å². The highest BCUT2D eigenvalue weighted by atomic mass is 16.3. The van der Waals surface area contributed by atoms with Crippen LogP contribution in [0.2, 0.25) is 0 Å². The summed E-state index contributed by atoms with van der Waals surface area (Å²) in [5, 5.41) is 3.66. The van der Waals surface area contributed by atoms with E-state index in [-0.39, 0.29) is 0 Å². The van der Waals surface area contributed by atoms with Gasteiger partial charge in [0.2, 0.25) is 0 Å². The maximum Gasteiger partial charge on any atom is 0.121 e. The lowest BCUT2D eigenvalue weighted by molar-refractivity contribution is 0.363. The van der Waals surface area contributed by atoms with Gasteiger partial charge in [0.15, 0.2) is 0 Å². The van der Waals surface area contributed by atoms with Crippen LogP contribution in [0.15, 0.2) is 47.1 Å². The van der Waals surface area contributed by atoms with E-state index in [0.29, 0.717) is 12.0 Å². The molecule has 1 aliphatic carbocycles. The molecule has 2 atom stereocenters. The van der Waals surface area contributed by atoms with E-state index in [4.69, 9.17) is 4.42 Å². The summed E-state index contributed by atoms with van der Waals surface area (Å²) < 4.78 is 5.66. The number of benzene rings is 1. The van der Waals surface area contributed by atoms with Crippen molar-refractivity contribution < 1.29 is 4.42 Å². The summed E-state index contributed by atoms with van der Waals surface area (Å²) in [5.41, 5.74) is 3.00. The number of rotatable bonds is 5. The highest BCUT2D eigenvalue weighted by Gasteiger charge is 2.31. The molecular weight excluding hydrogens is 234 g/mol. The number of hydrogen-bond donors (Lipinski definition) is 1. The molecule has 1 heterocycles. The van der Waals surface area contributed by atoms with Gasteiger partial charge in [-0.1, -0.05) is 31.2 Å². The van der Waals surface area contributed by atoms with E-state index in [1.165, 1.54) is 24.0 Å². The minimum Gasteiger partial charge on any atom is -0.468 e. The third kappa shape index (κ3) is 2.45. The average Bonchev–Trinajstić information content (AvgIpc) is 3.09. The van der Waals surface area contributed by atoms with Gasteiger partial charge in [-0.2, -0.15) is 0 Å². The Morgan fingerprint density at radius 1 is 1.26 bits per heavy atom. The standard InChI is InChI=1S/C17H21NO/c1-2-11-18-17(16-8-5-12-19-16)15-10-9-13-6-3-4-7-14(13)15/h3-8,12,15,17-18H,2,9-11H2,1H3. The summed E-state index contributed by atoms with van der Waals surface area (Å²) in [6.07, 6.45) is 5.32. The molecule has 3 rings (SSSR count). The third-order valence-electron chi connectivity index (χ3n) is 4.05. The zero-order valence-corrected chi connectivity index (χ0v) is 11.4. The molecule has 0 radical (unpaired) electrons. The van der Waals surface area contributed by atoms with Gasteiger partial charge in [-0.15, -0.1) is 0 Å². The molecule has 0 saturated carbocycles. The lowest BCUT2D eigenvalue weighted by Crippen LogP contribution is -2.26. The van der Waals surface area contributed by atoms with Crippen LogP contribution < -0.4 is 5.32 Å². The highest BCUT2D eigenvalue weighted by molar-refractivity contribution is 5.37. The minimum atomic E-state index is 0.304. The summed E-state index contributed by atoms with van der Waals surface area (Å²) in [5.74, 6) is 1.60. The second kappa shape index (κ2) is 5.62. The van der Waals surface area contributed by atoms with Crippen molar-refractivity contribution in [2.24, 2.45) is 0 Å². The number of furan rings is 1. The molecule has 1 aromatic carbocycles. The van der Waals surface area contributed by atoms with Crippen LogP contribution in [-0.2, 0) is 6.42 Å². The molecular formula is C17H21NO. The van der Waals surface area contributed by atoms with Crippen molar-refractivity contribution in [1.82, 2.24) is 5.32 Å². The summed E-state index contributed by atoms with van der Waals surface area (Å²) in [6, 6.07) is 13.2. The van der Waals surface area contributed by atoms with Gasteiger partial charge < -0.3 is 9.73 Å². The van der Waals surface area contributed by atoms with Crippen LogP contribution in [0.25, 0.3) is 0 Å². The maximum atomic E-state index is 5.66. The average molecular weight is 255 g/mol. The van der Waals surface area contributed by atoms with Crippen LogP contribution in [0.1, 0.15) is 48.6 Å². The fourth-order valence-electron chi connectivity index (χ4n) is 3.15. The highest BCUT2D eigenvalue weighted by Crippen LogP contribution is 2.41. The Hall–Kier alpha value is -1.54. The third-order valence-corrected chi connectivity index (χ3v) is 4.05. The second-order valence-electron chi connectivity index (χ2n) is 5.29. The van der Waals surface area contributed by atoms with Crippen LogP contribution in [0, 0.1) is 0 Å².